The highest BCUT2D eigenvalue weighted by atomic mass is 32.2. The predicted molar refractivity (Wildman–Crippen MR) is 90.1 cm³/mol. The first kappa shape index (κ1) is 15.8. The van der Waals surface area contributed by atoms with Crippen molar-refractivity contribution in [2.45, 2.75) is 25.8 Å². The van der Waals surface area contributed by atoms with Gasteiger partial charge in [-0.1, -0.05) is 12.1 Å². The monoisotopic (exact) mass is 329 g/mol. The predicted octanol–water partition coefficient (Wildman–Crippen LogP) is 2.96. The molecule has 1 saturated heterocycles. The van der Waals surface area contributed by atoms with Gasteiger partial charge in [0, 0.05) is 6.20 Å². The second kappa shape index (κ2) is 7.00. The largest absolute Gasteiger partial charge is 0.494 e. The molecule has 120 valence electrons. The Kier molecular flexibility index (Phi) is 4.81. The molecule has 2 heterocycles. The number of carbonyl (C=O) groups is 1. The number of nitrogens with zero attached hydrogens (tertiary/aromatic N) is 3. The molecule has 1 fully saturated rings. The second-order valence-electron chi connectivity index (χ2n) is 5.34. The van der Waals surface area contributed by atoms with Crippen molar-refractivity contribution in [2.24, 2.45) is 0 Å². The number of hydrogen-bond donors (Lipinski definition) is 0. The summed E-state index contributed by atoms with van der Waals surface area (Å²) in [5.41, 5.74) is 2.78. The third kappa shape index (κ3) is 3.64. The summed E-state index contributed by atoms with van der Waals surface area (Å²) in [5.74, 6) is 1.48. The minimum atomic E-state index is 0.0151. The third-order valence-electron chi connectivity index (χ3n) is 3.61. The van der Waals surface area contributed by atoms with Gasteiger partial charge in [-0.3, -0.25) is 14.8 Å². The van der Waals surface area contributed by atoms with Crippen LogP contribution in [0.5, 0.6) is 5.75 Å². The molecule has 1 amide bonds. The summed E-state index contributed by atoms with van der Waals surface area (Å²) in [4.78, 5) is 22.7. The van der Waals surface area contributed by atoms with Gasteiger partial charge >= 0.3 is 0 Å². The van der Waals surface area contributed by atoms with Crippen LogP contribution in [0.1, 0.15) is 29.2 Å². The summed E-state index contributed by atoms with van der Waals surface area (Å²) in [6, 6.07) is 7.95. The van der Waals surface area contributed by atoms with Crippen LogP contribution in [-0.4, -0.2) is 33.1 Å². The van der Waals surface area contributed by atoms with Crippen molar-refractivity contribution in [1.29, 1.82) is 0 Å². The summed E-state index contributed by atoms with van der Waals surface area (Å²) in [5, 5.41) is 0.0151. The van der Waals surface area contributed by atoms with Crippen LogP contribution in [-0.2, 0) is 11.3 Å². The molecule has 3 rings (SSSR count). The Labute approximate surface area is 140 Å². The highest BCUT2D eigenvalue weighted by Gasteiger charge is 2.33. The zero-order chi connectivity index (χ0) is 16.2. The number of thioether (sulfide) groups is 1. The number of aromatic nitrogens is 2. The fourth-order valence-electron chi connectivity index (χ4n) is 2.47. The van der Waals surface area contributed by atoms with Gasteiger partial charge in [0.2, 0.25) is 5.91 Å². The van der Waals surface area contributed by atoms with Crippen LogP contribution in [0.2, 0.25) is 0 Å². The molecular weight excluding hydrogens is 310 g/mol. The quantitative estimate of drug-likeness (QED) is 0.844. The third-order valence-corrected chi connectivity index (χ3v) is 4.87. The number of amides is 1. The molecule has 6 heteroatoms. The van der Waals surface area contributed by atoms with E-state index < -0.39 is 0 Å². The van der Waals surface area contributed by atoms with Crippen molar-refractivity contribution in [3.05, 3.63) is 53.6 Å². The first-order chi connectivity index (χ1) is 11.2. The molecule has 5 nitrogen and oxygen atoms in total. The van der Waals surface area contributed by atoms with Gasteiger partial charge in [0.1, 0.15) is 11.1 Å². The molecule has 1 aliphatic heterocycles. The average Bonchev–Trinajstić information content (AvgIpc) is 2.92. The van der Waals surface area contributed by atoms with Crippen molar-refractivity contribution in [3.63, 3.8) is 0 Å². The van der Waals surface area contributed by atoms with Gasteiger partial charge in [0.15, 0.2) is 0 Å². The van der Waals surface area contributed by atoms with E-state index in [1.54, 1.807) is 24.2 Å². The van der Waals surface area contributed by atoms with E-state index in [1.165, 1.54) is 0 Å². The van der Waals surface area contributed by atoms with E-state index in [4.69, 9.17) is 4.74 Å². The molecule has 0 aliphatic carbocycles. The normalized spacial score (nSPS) is 17.6. The molecule has 0 radical (unpaired) electrons. The highest BCUT2D eigenvalue weighted by Crippen LogP contribution is 2.39. The molecule has 1 atom stereocenters. The maximum atomic E-state index is 12.2. The lowest BCUT2D eigenvalue weighted by Gasteiger charge is -2.24. The zero-order valence-electron chi connectivity index (χ0n) is 13.2. The van der Waals surface area contributed by atoms with Gasteiger partial charge in [-0.2, -0.15) is 0 Å². The van der Waals surface area contributed by atoms with Crippen molar-refractivity contribution >= 4 is 17.7 Å². The molecular formula is C17H19N3O2S. The van der Waals surface area contributed by atoms with Crippen molar-refractivity contribution in [2.75, 3.05) is 12.4 Å². The highest BCUT2D eigenvalue weighted by molar-refractivity contribution is 8.00. The van der Waals surface area contributed by atoms with E-state index >= 15 is 0 Å². The molecule has 1 aliphatic rings. The number of hydrogen-bond acceptors (Lipinski definition) is 5. The lowest BCUT2D eigenvalue weighted by atomic mass is 10.2. The summed E-state index contributed by atoms with van der Waals surface area (Å²) in [6.45, 7) is 4.99. The summed E-state index contributed by atoms with van der Waals surface area (Å²) >= 11 is 1.64. The molecule has 1 aromatic heterocycles. The number of carbonyl (C=O) groups excluding carboxylic acids is 1. The Balaban J connectivity index is 1.77. The number of benzene rings is 1. The minimum absolute atomic E-state index is 0.0151. The first-order valence-corrected chi connectivity index (χ1v) is 8.63. The molecule has 0 spiro atoms. The van der Waals surface area contributed by atoms with Crippen molar-refractivity contribution in [1.82, 2.24) is 14.9 Å². The van der Waals surface area contributed by atoms with Gasteiger partial charge in [-0.25, -0.2) is 0 Å². The number of ether oxygens (including phenoxy) is 1. The Hall–Kier alpha value is -2.08. The lowest BCUT2D eigenvalue weighted by molar-refractivity contribution is -0.128. The van der Waals surface area contributed by atoms with E-state index in [2.05, 4.69) is 9.97 Å². The van der Waals surface area contributed by atoms with E-state index in [-0.39, 0.29) is 11.3 Å². The fraction of sp³-hybridized carbons (Fsp3) is 0.353. The van der Waals surface area contributed by atoms with Crippen LogP contribution < -0.4 is 4.74 Å². The van der Waals surface area contributed by atoms with Crippen LogP contribution >= 0.6 is 11.8 Å². The summed E-state index contributed by atoms with van der Waals surface area (Å²) < 4.78 is 5.47. The van der Waals surface area contributed by atoms with Crippen LogP contribution in [0.25, 0.3) is 0 Å². The molecule has 0 bridgehead atoms. The number of aryl methyl sites for hydroxylation is 1. The van der Waals surface area contributed by atoms with E-state index in [9.17, 15) is 4.79 Å². The summed E-state index contributed by atoms with van der Waals surface area (Å²) in [6.07, 6.45) is 3.47. The lowest BCUT2D eigenvalue weighted by Crippen LogP contribution is -2.28. The van der Waals surface area contributed by atoms with Crippen LogP contribution in [0.3, 0.4) is 0 Å². The van der Waals surface area contributed by atoms with Crippen molar-refractivity contribution in [3.8, 4) is 5.75 Å². The van der Waals surface area contributed by atoms with Gasteiger partial charge < -0.3 is 9.64 Å². The molecule has 1 aromatic carbocycles. The van der Waals surface area contributed by atoms with E-state index in [0.29, 0.717) is 18.9 Å². The van der Waals surface area contributed by atoms with Gasteiger partial charge in [-0.05, 0) is 31.5 Å². The fourth-order valence-corrected chi connectivity index (χ4v) is 3.66. The Morgan fingerprint density at radius 1 is 1.26 bits per heavy atom. The summed E-state index contributed by atoms with van der Waals surface area (Å²) in [7, 11) is 0. The maximum absolute atomic E-state index is 12.2. The molecule has 2 aromatic rings. The Morgan fingerprint density at radius 2 is 2.04 bits per heavy atom. The Morgan fingerprint density at radius 3 is 2.70 bits per heavy atom. The minimum Gasteiger partial charge on any atom is -0.494 e. The standard InChI is InChI=1S/C17H19N3O2S/c1-3-22-15-6-4-13(5-7-15)17-20(16(21)11-23-17)10-14-9-18-12(2)8-19-14/h4-9,17H,3,10-11H2,1-2H3. The zero-order valence-corrected chi connectivity index (χ0v) is 14.0. The Bertz CT molecular complexity index is 673. The maximum Gasteiger partial charge on any atom is 0.234 e. The molecule has 23 heavy (non-hydrogen) atoms. The van der Waals surface area contributed by atoms with Crippen LogP contribution in [0.4, 0.5) is 0 Å². The van der Waals surface area contributed by atoms with Gasteiger partial charge in [0.05, 0.1) is 36.5 Å². The topological polar surface area (TPSA) is 55.3 Å². The first-order valence-electron chi connectivity index (χ1n) is 7.58. The van der Waals surface area contributed by atoms with E-state index in [0.717, 1.165) is 22.7 Å². The van der Waals surface area contributed by atoms with Gasteiger partial charge in [0.25, 0.3) is 0 Å². The molecule has 0 saturated carbocycles. The SMILES string of the molecule is CCOc1ccc(C2SCC(=O)N2Cc2cnc(C)cn2)cc1. The smallest absolute Gasteiger partial charge is 0.234 e. The van der Waals surface area contributed by atoms with Gasteiger partial charge in [-0.15, -0.1) is 11.8 Å². The number of rotatable bonds is 5. The molecule has 0 N–H and O–H groups in total. The molecule has 1 unspecified atom stereocenters. The van der Waals surface area contributed by atoms with Crippen LogP contribution in [0.15, 0.2) is 36.7 Å². The average molecular weight is 329 g/mol. The van der Waals surface area contributed by atoms with Crippen molar-refractivity contribution < 1.29 is 9.53 Å². The van der Waals surface area contributed by atoms with Crippen LogP contribution in [0, 0.1) is 6.92 Å². The van der Waals surface area contributed by atoms with E-state index in [1.807, 2.05) is 43.0 Å². The second-order valence-corrected chi connectivity index (χ2v) is 6.40.